The Morgan fingerprint density at radius 3 is 2.56 bits per heavy atom. The van der Waals surface area contributed by atoms with E-state index in [4.69, 9.17) is 10.5 Å². The molecular weight excluding hydrogens is 207 g/mol. The maximum atomic E-state index is 12.7. The Morgan fingerprint density at radius 2 is 2.00 bits per heavy atom. The monoisotopic (exact) mass is 226 g/mol. The fourth-order valence-corrected chi connectivity index (χ4v) is 1.63. The Labute approximate surface area is 96.0 Å². The van der Waals surface area contributed by atoms with Gasteiger partial charge in [-0.2, -0.15) is 0 Å². The van der Waals surface area contributed by atoms with Crippen molar-refractivity contribution < 1.29 is 9.13 Å². The minimum Gasteiger partial charge on any atom is -0.383 e. The average molecular weight is 226 g/mol. The van der Waals surface area contributed by atoms with Crippen molar-refractivity contribution in [3.05, 3.63) is 35.6 Å². The molecule has 1 aromatic rings. The molecule has 0 bridgehead atoms. The van der Waals surface area contributed by atoms with Gasteiger partial charge in [-0.05, 0) is 24.7 Å². The molecule has 0 radical (unpaired) electrons. The van der Waals surface area contributed by atoms with Gasteiger partial charge in [0.25, 0.3) is 0 Å². The summed E-state index contributed by atoms with van der Waals surface area (Å²) >= 11 is 0. The summed E-state index contributed by atoms with van der Waals surface area (Å²) < 4.78 is 17.7. The Balaban J connectivity index is 2.39. The molecular formula is C12H19FN2O. The summed E-state index contributed by atoms with van der Waals surface area (Å²) in [4.78, 5) is 2.09. The first kappa shape index (κ1) is 13.1. The molecule has 1 atom stereocenters. The zero-order chi connectivity index (χ0) is 12.0. The van der Waals surface area contributed by atoms with E-state index in [1.807, 2.05) is 7.05 Å². The van der Waals surface area contributed by atoms with Gasteiger partial charge in [-0.15, -0.1) is 0 Å². The van der Waals surface area contributed by atoms with E-state index >= 15 is 0 Å². The first-order valence-corrected chi connectivity index (χ1v) is 5.29. The van der Waals surface area contributed by atoms with E-state index < -0.39 is 0 Å². The fourth-order valence-electron chi connectivity index (χ4n) is 1.63. The highest BCUT2D eigenvalue weighted by Crippen LogP contribution is 2.05. The standard InChI is InChI=1S/C12H19FN2O/c1-15(8-12(14)9-16-2)7-10-3-5-11(13)6-4-10/h3-6,12H,7-9,14H2,1-2H3. The Morgan fingerprint density at radius 1 is 1.38 bits per heavy atom. The van der Waals surface area contributed by atoms with Gasteiger partial charge in [0.05, 0.1) is 6.61 Å². The highest BCUT2D eigenvalue weighted by molar-refractivity contribution is 5.15. The van der Waals surface area contributed by atoms with Crippen LogP contribution >= 0.6 is 0 Å². The Hall–Kier alpha value is -0.970. The van der Waals surface area contributed by atoms with Crippen LogP contribution in [0.2, 0.25) is 0 Å². The molecule has 90 valence electrons. The maximum absolute atomic E-state index is 12.7. The largest absolute Gasteiger partial charge is 0.383 e. The van der Waals surface area contributed by atoms with Crippen LogP contribution in [0.25, 0.3) is 0 Å². The van der Waals surface area contributed by atoms with Crippen LogP contribution in [0.5, 0.6) is 0 Å². The lowest BCUT2D eigenvalue weighted by atomic mass is 10.2. The van der Waals surface area contributed by atoms with Gasteiger partial charge in [0.15, 0.2) is 0 Å². The molecule has 0 amide bonds. The molecule has 3 nitrogen and oxygen atoms in total. The molecule has 0 saturated carbocycles. The lowest BCUT2D eigenvalue weighted by Gasteiger charge is -2.20. The summed E-state index contributed by atoms with van der Waals surface area (Å²) in [5.41, 5.74) is 6.91. The van der Waals surface area contributed by atoms with Crippen LogP contribution in [0.4, 0.5) is 4.39 Å². The molecule has 4 heteroatoms. The minimum absolute atomic E-state index is 0.00967. The highest BCUT2D eigenvalue weighted by atomic mass is 19.1. The molecule has 2 N–H and O–H groups in total. The number of likely N-dealkylation sites (N-methyl/N-ethyl adjacent to an activating group) is 1. The van der Waals surface area contributed by atoms with Crippen molar-refractivity contribution in [1.82, 2.24) is 4.90 Å². The van der Waals surface area contributed by atoms with Gasteiger partial charge in [-0.25, -0.2) is 4.39 Å². The zero-order valence-corrected chi connectivity index (χ0v) is 9.82. The van der Waals surface area contributed by atoms with Crippen LogP contribution in [0.3, 0.4) is 0 Å². The predicted molar refractivity (Wildman–Crippen MR) is 62.6 cm³/mol. The molecule has 0 aromatic heterocycles. The molecule has 1 rings (SSSR count). The van der Waals surface area contributed by atoms with Gasteiger partial charge < -0.3 is 15.4 Å². The third kappa shape index (κ3) is 4.70. The molecule has 16 heavy (non-hydrogen) atoms. The van der Waals surface area contributed by atoms with Gasteiger partial charge in [0.2, 0.25) is 0 Å². The summed E-state index contributed by atoms with van der Waals surface area (Å²) in [5, 5.41) is 0. The summed E-state index contributed by atoms with van der Waals surface area (Å²) in [6, 6.07) is 6.52. The number of benzene rings is 1. The van der Waals surface area contributed by atoms with Crippen LogP contribution < -0.4 is 5.73 Å². The number of hydrogen-bond acceptors (Lipinski definition) is 3. The SMILES string of the molecule is COCC(N)CN(C)Cc1ccc(F)cc1. The van der Waals surface area contributed by atoms with Gasteiger partial charge in [0.1, 0.15) is 5.82 Å². The van der Waals surface area contributed by atoms with Crippen molar-refractivity contribution in [2.24, 2.45) is 5.73 Å². The molecule has 0 aliphatic heterocycles. The predicted octanol–water partition coefficient (Wildman–Crippen LogP) is 1.23. The average Bonchev–Trinajstić information content (AvgIpc) is 2.21. The summed E-state index contributed by atoms with van der Waals surface area (Å²) in [7, 11) is 3.62. The summed E-state index contributed by atoms with van der Waals surface area (Å²) in [5.74, 6) is -0.206. The van der Waals surface area contributed by atoms with Gasteiger partial charge in [-0.1, -0.05) is 12.1 Å². The molecule has 0 fully saturated rings. The zero-order valence-electron chi connectivity index (χ0n) is 9.82. The number of ether oxygens (including phenoxy) is 1. The molecule has 0 aliphatic rings. The smallest absolute Gasteiger partial charge is 0.123 e. The number of halogens is 1. The van der Waals surface area contributed by atoms with Crippen LogP contribution in [0.1, 0.15) is 5.56 Å². The second kappa shape index (κ2) is 6.58. The van der Waals surface area contributed by atoms with Crippen molar-refractivity contribution >= 4 is 0 Å². The lowest BCUT2D eigenvalue weighted by molar-refractivity contribution is 0.160. The van der Waals surface area contributed by atoms with E-state index in [2.05, 4.69) is 4.90 Å². The second-order valence-electron chi connectivity index (χ2n) is 4.04. The summed E-state index contributed by atoms with van der Waals surface area (Å²) in [6.45, 7) is 2.07. The first-order valence-electron chi connectivity index (χ1n) is 5.29. The van der Waals surface area contributed by atoms with E-state index in [0.717, 1.165) is 18.7 Å². The highest BCUT2D eigenvalue weighted by Gasteiger charge is 2.06. The molecule has 1 aromatic carbocycles. The maximum Gasteiger partial charge on any atom is 0.123 e. The number of methoxy groups -OCH3 is 1. The van der Waals surface area contributed by atoms with Gasteiger partial charge in [-0.3, -0.25) is 0 Å². The molecule has 0 saturated heterocycles. The number of rotatable bonds is 6. The minimum atomic E-state index is -0.206. The third-order valence-electron chi connectivity index (χ3n) is 2.29. The Kier molecular flexibility index (Phi) is 5.38. The summed E-state index contributed by atoms with van der Waals surface area (Å²) in [6.07, 6.45) is 0. The Bertz CT molecular complexity index is 302. The van der Waals surface area contributed by atoms with Crippen molar-refractivity contribution in [1.29, 1.82) is 0 Å². The van der Waals surface area contributed by atoms with E-state index in [1.54, 1.807) is 19.2 Å². The van der Waals surface area contributed by atoms with E-state index in [1.165, 1.54) is 12.1 Å². The van der Waals surface area contributed by atoms with Crippen LogP contribution in [0, 0.1) is 5.82 Å². The molecule has 1 unspecified atom stereocenters. The number of nitrogens with zero attached hydrogens (tertiary/aromatic N) is 1. The van der Waals surface area contributed by atoms with Crippen LogP contribution in [-0.4, -0.2) is 38.3 Å². The van der Waals surface area contributed by atoms with Crippen molar-refractivity contribution in [3.8, 4) is 0 Å². The van der Waals surface area contributed by atoms with Crippen LogP contribution in [-0.2, 0) is 11.3 Å². The first-order chi connectivity index (χ1) is 7.61. The topological polar surface area (TPSA) is 38.5 Å². The number of nitrogens with two attached hydrogens (primary N) is 1. The molecule has 0 spiro atoms. The molecule has 0 aliphatic carbocycles. The van der Waals surface area contributed by atoms with E-state index in [9.17, 15) is 4.39 Å². The number of hydrogen-bond donors (Lipinski definition) is 1. The quantitative estimate of drug-likeness (QED) is 0.793. The van der Waals surface area contributed by atoms with E-state index in [0.29, 0.717) is 6.61 Å². The van der Waals surface area contributed by atoms with E-state index in [-0.39, 0.29) is 11.9 Å². The van der Waals surface area contributed by atoms with Crippen molar-refractivity contribution in [2.45, 2.75) is 12.6 Å². The fraction of sp³-hybridized carbons (Fsp3) is 0.500. The van der Waals surface area contributed by atoms with Crippen molar-refractivity contribution in [2.75, 3.05) is 27.3 Å². The van der Waals surface area contributed by atoms with Crippen LogP contribution in [0.15, 0.2) is 24.3 Å². The van der Waals surface area contributed by atoms with Crippen molar-refractivity contribution in [3.63, 3.8) is 0 Å². The second-order valence-corrected chi connectivity index (χ2v) is 4.04. The van der Waals surface area contributed by atoms with Gasteiger partial charge >= 0.3 is 0 Å². The third-order valence-corrected chi connectivity index (χ3v) is 2.29. The lowest BCUT2D eigenvalue weighted by Crippen LogP contribution is -2.38. The van der Waals surface area contributed by atoms with Gasteiger partial charge in [0, 0.05) is 26.2 Å². The molecule has 0 heterocycles. The normalized spacial score (nSPS) is 13.1.